The lowest BCUT2D eigenvalue weighted by Gasteiger charge is -2.31. The van der Waals surface area contributed by atoms with E-state index in [1.54, 1.807) is 18.2 Å². The summed E-state index contributed by atoms with van der Waals surface area (Å²) < 4.78 is 27.2. The van der Waals surface area contributed by atoms with Gasteiger partial charge in [-0.2, -0.15) is 4.31 Å². The van der Waals surface area contributed by atoms with Gasteiger partial charge >= 0.3 is 0 Å². The van der Waals surface area contributed by atoms with Crippen LogP contribution in [0.5, 0.6) is 0 Å². The van der Waals surface area contributed by atoms with E-state index < -0.39 is 10.0 Å². The highest BCUT2D eigenvalue weighted by Crippen LogP contribution is 2.32. The van der Waals surface area contributed by atoms with Crippen LogP contribution in [-0.2, 0) is 10.0 Å². The predicted octanol–water partition coefficient (Wildman–Crippen LogP) is 2.90. The van der Waals surface area contributed by atoms with E-state index in [2.05, 4.69) is 21.2 Å². The monoisotopic (exact) mass is 402 g/mol. The van der Waals surface area contributed by atoms with Crippen LogP contribution in [0.4, 0.5) is 0 Å². The van der Waals surface area contributed by atoms with Gasteiger partial charge in [0.05, 0.1) is 5.02 Å². The molecule has 114 valence electrons. The van der Waals surface area contributed by atoms with Crippen LogP contribution in [0.2, 0.25) is 5.02 Å². The number of piperidine rings is 1. The number of halogens is 3. The first-order chi connectivity index (χ1) is 8.96. The molecule has 2 rings (SSSR count). The molecule has 1 aromatic carbocycles. The Bertz CT molecular complexity index is 540. The highest BCUT2D eigenvalue weighted by molar-refractivity contribution is 9.10. The van der Waals surface area contributed by atoms with Gasteiger partial charge in [0, 0.05) is 23.6 Å². The van der Waals surface area contributed by atoms with Crippen LogP contribution in [0.1, 0.15) is 12.8 Å². The Balaban J connectivity index is 0.00000200. The van der Waals surface area contributed by atoms with E-state index in [-0.39, 0.29) is 22.3 Å². The van der Waals surface area contributed by atoms with Crippen molar-refractivity contribution in [2.45, 2.75) is 23.8 Å². The molecule has 20 heavy (non-hydrogen) atoms. The highest BCUT2D eigenvalue weighted by atomic mass is 79.9. The van der Waals surface area contributed by atoms with Crippen LogP contribution in [0.15, 0.2) is 27.6 Å². The molecule has 1 saturated heterocycles. The minimum Gasteiger partial charge on any atom is -0.317 e. The van der Waals surface area contributed by atoms with Gasteiger partial charge in [-0.1, -0.05) is 17.7 Å². The minimum absolute atomic E-state index is 0. The third-order valence-electron chi connectivity index (χ3n) is 3.38. The maximum absolute atomic E-state index is 12.6. The fourth-order valence-electron chi connectivity index (χ4n) is 2.24. The number of nitrogens with one attached hydrogen (secondary N) is 1. The summed E-state index contributed by atoms with van der Waals surface area (Å²) in [6.07, 6.45) is 1.63. The first-order valence-corrected chi connectivity index (χ1v) is 8.69. The molecule has 0 atom stereocenters. The Hall–Kier alpha value is 0.150. The minimum atomic E-state index is -3.53. The van der Waals surface area contributed by atoms with Gasteiger partial charge < -0.3 is 5.32 Å². The Morgan fingerprint density at radius 2 is 1.95 bits per heavy atom. The molecule has 1 aromatic rings. The Labute approximate surface area is 139 Å². The smallest absolute Gasteiger partial charge is 0.245 e. The molecule has 0 saturated carbocycles. The van der Waals surface area contributed by atoms with E-state index in [4.69, 9.17) is 11.6 Å². The summed E-state index contributed by atoms with van der Waals surface area (Å²) in [6.45, 7) is 1.04. The first kappa shape index (κ1) is 18.2. The normalized spacial score (nSPS) is 17.8. The zero-order valence-corrected chi connectivity index (χ0v) is 14.9. The predicted molar refractivity (Wildman–Crippen MR) is 87.2 cm³/mol. The van der Waals surface area contributed by atoms with Gasteiger partial charge in [0.2, 0.25) is 10.0 Å². The lowest BCUT2D eigenvalue weighted by atomic mass is 10.1. The highest BCUT2D eigenvalue weighted by Gasteiger charge is 2.31. The molecule has 0 unspecified atom stereocenters. The largest absolute Gasteiger partial charge is 0.317 e. The first-order valence-electron chi connectivity index (χ1n) is 6.08. The lowest BCUT2D eigenvalue weighted by molar-refractivity contribution is 0.298. The van der Waals surface area contributed by atoms with Crippen molar-refractivity contribution in [3.63, 3.8) is 0 Å². The topological polar surface area (TPSA) is 49.4 Å². The molecular formula is C12H17BrCl2N2O2S. The summed E-state index contributed by atoms with van der Waals surface area (Å²) >= 11 is 9.31. The molecule has 0 radical (unpaired) electrons. The van der Waals surface area contributed by atoms with Crippen molar-refractivity contribution in [2.75, 3.05) is 20.1 Å². The number of nitrogens with zero attached hydrogens (tertiary/aromatic N) is 1. The number of rotatable bonds is 3. The second-order valence-corrected chi connectivity index (χ2v) is 7.65. The van der Waals surface area contributed by atoms with Gasteiger partial charge in [0.1, 0.15) is 4.90 Å². The van der Waals surface area contributed by atoms with Gasteiger partial charge in [-0.3, -0.25) is 0 Å². The maximum Gasteiger partial charge on any atom is 0.245 e. The molecule has 1 N–H and O–H groups in total. The fourth-order valence-corrected chi connectivity index (χ4v) is 5.38. The Morgan fingerprint density at radius 3 is 2.45 bits per heavy atom. The molecule has 0 aromatic heterocycles. The van der Waals surface area contributed by atoms with Crippen molar-refractivity contribution >= 4 is 50.0 Å². The molecule has 1 fully saturated rings. The van der Waals surface area contributed by atoms with E-state index in [0.29, 0.717) is 23.6 Å². The fraction of sp³-hybridized carbons (Fsp3) is 0.500. The molecule has 4 nitrogen and oxygen atoms in total. The molecule has 1 heterocycles. The maximum atomic E-state index is 12.6. The molecule has 1 aliphatic heterocycles. The van der Waals surface area contributed by atoms with E-state index in [1.807, 2.05) is 7.05 Å². The van der Waals surface area contributed by atoms with Gasteiger partial charge in [-0.25, -0.2) is 8.42 Å². The molecule has 0 amide bonds. The second-order valence-electron chi connectivity index (χ2n) is 4.52. The quantitative estimate of drug-likeness (QED) is 0.843. The summed E-state index contributed by atoms with van der Waals surface area (Å²) in [7, 11) is -1.63. The number of hydrogen-bond donors (Lipinski definition) is 1. The van der Waals surface area contributed by atoms with Crippen LogP contribution in [0.3, 0.4) is 0 Å². The van der Waals surface area contributed by atoms with Crippen molar-refractivity contribution in [3.8, 4) is 0 Å². The third-order valence-corrected chi connectivity index (χ3v) is 6.73. The molecule has 8 heteroatoms. The van der Waals surface area contributed by atoms with E-state index in [1.165, 1.54) is 4.31 Å². The Kier molecular flexibility index (Phi) is 6.76. The van der Waals surface area contributed by atoms with Crippen molar-refractivity contribution < 1.29 is 8.42 Å². The number of sulfonamides is 1. The average molecular weight is 404 g/mol. The standard InChI is InChI=1S/C12H16BrClN2O2S.ClH/c1-15-9-5-7-16(8-6-9)19(17,18)12-10(13)3-2-4-11(12)14;/h2-4,9,15H,5-8H2,1H3;1H. The molecule has 0 aliphatic carbocycles. The van der Waals surface area contributed by atoms with Gasteiger partial charge in [0.15, 0.2) is 0 Å². The zero-order valence-electron chi connectivity index (χ0n) is 11.0. The summed E-state index contributed by atoms with van der Waals surface area (Å²) in [4.78, 5) is 0.166. The number of hydrogen-bond acceptors (Lipinski definition) is 3. The zero-order chi connectivity index (χ0) is 14.0. The molecule has 0 spiro atoms. The summed E-state index contributed by atoms with van der Waals surface area (Å²) in [5.41, 5.74) is 0. The average Bonchev–Trinajstić information content (AvgIpc) is 2.38. The van der Waals surface area contributed by atoms with Crippen molar-refractivity contribution in [1.82, 2.24) is 9.62 Å². The van der Waals surface area contributed by atoms with Gasteiger partial charge in [-0.15, -0.1) is 12.4 Å². The van der Waals surface area contributed by atoms with Crippen LogP contribution in [0, 0.1) is 0 Å². The van der Waals surface area contributed by atoms with Gasteiger partial charge in [0.25, 0.3) is 0 Å². The van der Waals surface area contributed by atoms with Crippen LogP contribution in [-0.4, -0.2) is 38.9 Å². The summed E-state index contributed by atoms with van der Waals surface area (Å²) in [6, 6.07) is 5.40. The Morgan fingerprint density at radius 1 is 1.35 bits per heavy atom. The third kappa shape index (κ3) is 3.67. The molecule has 0 bridgehead atoms. The van der Waals surface area contributed by atoms with Crippen LogP contribution >= 0.6 is 39.9 Å². The summed E-state index contributed by atoms with van der Waals surface area (Å²) in [5, 5.41) is 3.44. The lowest BCUT2D eigenvalue weighted by Crippen LogP contribution is -2.44. The van der Waals surface area contributed by atoms with Crippen LogP contribution < -0.4 is 5.32 Å². The number of benzene rings is 1. The van der Waals surface area contributed by atoms with E-state index in [9.17, 15) is 8.42 Å². The van der Waals surface area contributed by atoms with Crippen molar-refractivity contribution in [2.24, 2.45) is 0 Å². The second kappa shape index (κ2) is 7.42. The van der Waals surface area contributed by atoms with Crippen LogP contribution in [0.25, 0.3) is 0 Å². The van der Waals surface area contributed by atoms with E-state index in [0.717, 1.165) is 12.8 Å². The molecular weight excluding hydrogens is 387 g/mol. The van der Waals surface area contributed by atoms with E-state index >= 15 is 0 Å². The van der Waals surface area contributed by atoms with Crippen molar-refractivity contribution in [3.05, 3.63) is 27.7 Å². The van der Waals surface area contributed by atoms with Crippen molar-refractivity contribution in [1.29, 1.82) is 0 Å². The van der Waals surface area contributed by atoms with Gasteiger partial charge in [-0.05, 0) is 48.0 Å². The SMILES string of the molecule is CNC1CCN(S(=O)(=O)c2c(Cl)cccc2Br)CC1.Cl. The molecule has 1 aliphatic rings. The summed E-state index contributed by atoms with van der Waals surface area (Å²) in [5.74, 6) is 0.